The van der Waals surface area contributed by atoms with Gasteiger partial charge in [0.25, 0.3) is 5.22 Å². The Kier molecular flexibility index (Phi) is 6.38. The summed E-state index contributed by atoms with van der Waals surface area (Å²) in [7, 11) is 0. The van der Waals surface area contributed by atoms with E-state index in [2.05, 4.69) is 20.5 Å². The van der Waals surface area contributed by atoms with Crippen molar-refractivity contribution in [1.29, 1.82) is 0 Å². The summed E-state index contributed by atoms with van der Waals surface area (Å²) >= 11 is 4.44. The van der Waals surface area contributed by atoms with Gasteiger partial charge in [-0.3, -0.25) is 4.79 Å². The van der Waals surface area contributed by atoms with Crippen molar-refractivity contribution in [2.75, 3.05) is 5.75 Å². The van der Waals surface area contributed by atoms with Crippen LogP contribution in [0.1, 0.15) is 33.1 Å². The van der Waals surface area contributed by atoms with Crippen LogP contribution in [0.5, 0.6) is 0 Å². The van der Waals surface area contributed by atoms with E-state index >= 15 is 0 Å². The third kappa shape index (κ3) is 5.31. The van der Waals surface area contributed by atoms with E-state index in [4.69, 9.17) is 4.42 Å². The Labute approximate surface area is 180 Å². The van der Waals surface area contributed by atoms with Gasteiger partial charge in [0, 0.05) is 10.3 Å². The molecule has 0 radical (unpaired) electrons. The van der Waals surface area contributed by atoms with Gasteiger partial charge in [0.1, 0.15) is 0 Å². The largest absolute Gasteiger partial charge is 0.416 e. The smallest absolute Gasteiger partial charge is 0.277 e. The molecule has 3 aromatic heterocycles. The first kappa shape index (κ1) is 19.8. The van der Waals surface area contributed by atoms with Crippen LogP contribution in [0.2, 0.25) is 0 Å². The lowest BCUT2D eigenvalue weighted by Gasteiger charge is -2.17. The number of thioether (sulfide) groups is 1. The molecule has 6 nitrogen and oxygen atoms in total. The third-order valence-corrected chi connectivity index (χ3v) is 6.62. The molecule has 1 N–H and O–H groups in total. The van der Waals surface area contributed by atoms with E-state index in [1.54, 1.807) is 22.7 Å². The Balaban J connectivity index is 1.35. The molecule has 0 aliphatic heterocycles. The number of thiazole rings is 1. The molecular weight excluding hydrogens is 424 g/mol. The zero-order valence-electron chi connectivity index (χ0n) is 15.6. The fraction of sp³-hybridized carbons (Fsp3) is 0.200. The van der Waals surface area contributed by atoms with Crippen molar-refractivity contribution >= 4 is 40.3 Å². The Morgan fingerprint density at radius 3 is 2.76 bits per heavy atom. The highest BCUT2D eigenvalue weighted by molar-refractivity contribution is 7.99. The number of hydrogen-bond acceptors (Lipinski definition) is 8. The lowest BCUT2D eigenvalue weighted by molar-refractivity contribution is -0.119. The molecule has 4 rings (SSSR count). The summed E-state index contributed by atoms with van der Waals surface area (Å²) in [5, 5.41) is 16.6. The molecule has 3 heterocycles. The van der Waals surface area contributed by atoms with Gasteiger partial charge in [-0.2, -0.15) is 0 Å². The van der Waals surface area contributed by atoms with Crippen LogP contribution in [-0.4, -0.2) is 26.8 Å². The van der Waals surface area contributed by atoms with Crippen molar-refractivity contribution in [2.45, 2.75) is 24.6 Å². The first-order chi connectivity index (χ1) is 14.2. The van der Waals surface area contributed by atoms with Crippen LogP contribution >= 0.6 is 34.4 Å². The minimum absolute atomic E-state index is 0.0906. The Morgan fingerprint density at radius 1 is 1.17 bits per heavy atom. The van der Waals surface area contributed by atoms with Gasteiger partial charge in [0.2, 0.25) is 11.8 Å². The SMILES string of the molecule is Cc1nc(Cc2nnc(SCC(=O)NC(c3ccccc3)c3cccs3)o2)cs1. The predicted molar refractivity (Wildman–Crippen MR) is 115 cm³/mol. The van der Waals surface area contributed by atoms with E-state index in [-0.39, 0.29) is 17.7 Å². The molecule has 4 aromatic rings. The van der Waals surface area contributed by atoms with E-state index < -0.39 is 0 Å². The van der Waals surface area contributed by atoms with Crippen molar-refractivity contribution in [3.63, 3.8) is 0 Å². The summed E-state index contributed by atoms with van der Waals surface area (Å²) < 4.78 is 5.64. The molecule has 0 aliphatic rings. The Morgan fingerprint density at radius 2 is 2.03 bits per heavy atom. The minimum atomic E-state index is -0.171. The van der Waals surface area contributed by atoms with Crippen LogP contribution in [0.3, 0.4) is 0 Å². The average molecular weight is 443 g/mol. The fourth-order valence-corrected chi connectivity index (χ4v) is 4.77. The van der Waals surface area contributed by atoms with Crippen LogP contribution < -0.4 is 5.32 Å². The van der Waals surface area contributed by atoms with Crippen molar-refractivity contribution in [3.05, 3.63) is 80.3 Å². The third-order valence-electron chi connectivity index (χ3n) is 4.04. The highest BCUT2D eigenvalue weighted by Crippen LogP contribution is 2.26. The van der Waals surface area contributed by atoms with Crippen molar-refractivity contribution in [1.82, 2.24) is 20.5 Å². The number of carbonyl (C=O) groups excluding carboxylic acids is 1. The molecule has 29 heavy (non-hydrogen) atoms. The molecule has 1 amide bonds. The molecule has 0 fully saturated rings. The van der Waals surface area contributed by atoms with Crippen LogP contribution in [0.15, 0.2) is 62.9 Å². The molecule has 9 heteroatoms. The van der Waals surface area contributed by atoms with Crippen LogP contribution in [-0.2, 0) is 11.2 Å². The predicted octanol–water partition coefficient (Wildman–Crippen LogP) is 4.48. The number of carbonyl (C=O) groups is 1. The maximum atomic E-state index is 12.6. The zero-order chi connectivity index (χ0) is 20.1. The fourth-order valence-electron chi connectivity index (χ4n) is 2.76. The van der Waals surface area contributed by atoms with Crippen LogP contribution in [0.25, 0.3) is 0 Å². The number of rotatable bonds is 8. The number of aromatic nitrogens is 3. The van der Waals surface area contributed by atoms with E-state index in [0.717, 1.165) is 21.1 Å². The quantitative estimate of drug-likeness (QED) is 0.405. The van der Waals surface area contributed by atoms with Gasteiger partial charge < -0.3 is 9.73 Å². The monoisotopic (exact) mass is 442 g/mol. The highest BCUT2D eigenvalue weighted by atomic mass is 32.2. The molecule has 1 unspecified atom stereocenters. The number of benzene rings is 1. The molecule has 0 saturated heterocycles. The van der Waals surface area contributed by atoms with E-state index in [0.29, 0.717) is 17.5 Å². The van der Waals surface area contributed by atoms with Gasteiger partial charge in [0.05, 0.1) is 28.9 Å². The first-order valence-corrected chi connectivity index (χ1v) is 11.7. The number of amides is 1. The molecular formula is C20H18N4O2S3. The number of nitrogens with one attached hydrogen (secondary N) is 1. The second kappa shape index (κ2) is 9.34. The summed E-state index contributed by atoms with van der Waals surface area (Å²) in [6.45, 7) is 1.96. The normalized spacial score (nSPS) is 12.0. The van der Waals surface area contributed by atoms with E-state index in [1.165, 1.54) is 11.8 Å². The topological polar surface area (TPSA) is 80.9 Å². The molecule has 0 aliphatic carbocycles. The number of aryl methyl sites for hydroxylation is 1. The maximum absolute atomic E-state index is 12.6. The lowest BCUT2D eigenvalue weighted by atomic mass is 10.1. The van der Waals surface area contributed by atoms with Gasteiger partial charge >= 0.3 is 0 Å². The van der Waals surface area contributed by atoms with Gasteiger partial charge in [0.15, 0.2) is 0 Å². The molecule has 1 atom stereocenters. The van der Waals surface area contributed by atoms with E-state index in [9.17, 15) is 4.79 Å². The standard InChI is InChI=1S/C20H18N4O2S3/c1-13-21-15(11-28-13)10-18-23-24-20(26-18)29-12-17(25)22-19(16-8-5-9-27-16)14-6-3-2-4-7-14/h2-9,11,19H,10,12H2,1H3,(H,22,25). The van der Waals surface area contributed by atoms with Crippen molar-refractivity contribution in [2.24, 2.45) is 0 Å². The summed E-state index contributed by atoms with van der Waals surface area (Å²) in [5.41, 5.74) is 1.96. The molecule has 148 valence electrons. The number of nitrogens with zero attached hydrogens (tertiary/aromatic N) is 3. The van der Waals surface area contributed by atoms with E-state index in [1.807, 2.05) is 60.1 Å². The van der Waals surface area contributed by atoms with Gasteiger partial charge in [-0.05, 0) is 23.9 Å². The zero-order valence-corrected chi connectivity index (χ0v) is 18.0. The van der Waals surface area contributed by atoms with Crippen molar-refractivity contribution in [3.8, 4) is 0 Å². The molecule has 0 spiro atoms. The minimum Gasteiger partial charge on any atom is -0.416 e. The van der Waals surface area contributed by atoms with Gasteiger partial charge in [-0.25, -0.2) is 4.98 Å². The van der Waals surface area contributed by atoms with Crippen LogP contribution in [0, 0.1) is 6.92 Å². The maximum Gasteiger partial charge on any atom is 0.277 e. The number of thiophene rings is 1. The van der Waals surface area contributed by atoms with Crippen LogP contribution in [0.4, 0.5) is 0 Å². The lowest BCUT2D eigenvalue weighted by Crippen LogP contribution is -2.30. The molecule has 0 bridgehead atoms. The average Bonchev–Trinajstić information content (AvgIpc) is 3.48. The van der Waals surface area contributed by atoms with Crippen molar-refractivity contribution < 1.29 is 9.21 Å². The van der Waals surface area contributed by atoms with Gasteiger partial charge in [-0.15, -0.1) is 32.9 Å². The second-order valence-corrected chi connectivity index (χ2v) is 9.18. The summed E-state index contributed by atoms with van der Waals surface area (Å²) in [5.74, 6) is 0.609. The molecule has 0 saturated carbocycles. The Hall–Kier alpha value is -2.49. The first-order valence-electron chi connectivity index (χ1n) is 8.91. The summed E-state index contributed by atoms with van der Waals surface area (Å²) in [6.07, 6.45) is 0.499. The summed E-state index contributed by atoms with van der Waals surface area (Å²) in [6, 6.07) is 13.8. The Bertz CT molecular complexity index is 1060. The molecule has 1 aromatic carbocycles. The summed E-state index contributed by atoms with van der Waals surface area (Å²) in [4.78, 5) is 18.1. The number of hydrogen-bond donors (Lipinski definition) is 1. The second-order valence-electron chi connectivity index (χ2n) is 6.21. The van der Waals surface area contributed by atoms with Gasteiger partial charge in [-0.1, -0.05) is 48.2 Å². The highest BCUT2D eigenvalue weighted by Gasteiger charge is 2.18.